The first-order chi connectivity index (χ1) is 10.2. The fraction of sp³-hybridized carbons (Fsp3) is 0.375. The second kappa shape index (κ2) is 5.60. The van der Waals surface area contributed by atoms with E-state index >= 15 is 0 Å². The lowest BCUT2D eigenvalue weighted by Gasteiger charge is -2.08. The number of aromatic nitrogens is 2. The van der Waals surface area contributed by atoms with Crippen LogP contribution in [0.1, 0.15) is 35.5 Å². The van der Waals surface area contributed by atoms with Crippen molar-refractivity contribution in [1.29, 1.82) is 0 Å². The second-order valence-electron chi connectivity index (χ2n) is 5.31. The van der Waals surface area contributed by atoms with Gasteiger partial charge in [-0.1, -0.05) is 0 Å². The zero-order chi connectivity index (χ0) is 14.8. The van der Waals surface area contributed by atoms with Gasteiger partial charge in [0.15, 0.2) is 0 Å². The van der Waals surface area contributed by atoms with Crippen LogP contribution >= 0.6 is 0 Å². The summed E-state index contributed by atoms with van der Waals surface area (Å²) in [7, 11) is 0. The molecular formula is C16H19N3O2. The number of rotatable bonds is 4. The summed E-state index contributed by atoms with van der Waals surface area (Å²) >= 11 is 0. The maximum absolute atomic E-state index is 12.2. The molecule has 2 aromatic rings. The first-order valence-electron chi connectivity index (χ1n) is 7.24. The number of hydrogen-bond acceptors (Lipinski definition) is 3. The number of ether oxygens (including phenoxy) is 1. The molecule has 5 nitrogen and oxygen atoms in total. The number of nitrogens with one attached hydrogen (secondary N) is 1. The topological polar surface area (TPSA) is 56.2 Å². The Balaban J connectivity index is 1.68. The van der Waals surface area contributed by atoms with Crippen molar-refractivity contribution in [1.82, 2.24) is 14.9 Å². The molecule has 3 rings (SSSR count). The van der Waals surface area contributed by atoms with Crippen molar-refractivity contribution in [3.63, 3.8) is 0 Å². The third-order valence-electron chi connectivity index (χ3n) is 3.73. The molecule has 0 fully saturated rings. The van der Waals surface area contributed by atoms with E-state index in [4.69, 9.17) is 4.74 Å². The van der Waals surface area contributed by atoms with E-state index in [0.717, 1.165) is 30.0 Å². The van der Waals surface area contributed by atoms with Gasteiger partial charge < -0.3 is 14.6 Å². The highest BCUT2D eigenvalue weighted by molar-refractivity contribution is 5.94. The van der Waals surface area contributed by atoms with Gasteiger partial charge in [-0.25, -0.2) is 4.98 Å². The fourth-order valence-electron chi connectivity index (χ4n) is 2.62. The monoisotopic (exact) mass is 285 g/mol. The number of benzene rings is 1. The van der Waals surface area contributed by atoms with Gasteiger partial charge in [-0.2, -0.15) is 0 Å². The van der Waals surface area contributed by atoms with Crippen molar-refractivity contribution >= 4 is 5.91 Å². The Morgan fingerprint density at radius 2 is 2.38 bits per heavy atom. The number of fused-ring (bicyclic) bond motifs is 1. The van der Waals surface area contributed by atoms with Crippen molar-refractivity contribution in [3.8, 4) is 5.75 Å². The lowest BCUT2D eigenvalue weighted by molar-refractivity contribution is 0.0950. The normalized spacial score (nSPS) is 16.4. The minimum Gasteiger partial charge on any atom is -0.490 e. The van der Waals surface area contributed by atoms with Crippen LogP contribution in [0.15, 0.2) is 30.7 Å². The molecule has 0 saturated carbocycles. The molecule has 0 saturated heterocycles. The summed E-state index contributed by atoms with van der Waals surface area (Å²) < 4.78 is 7.66. The van der Waals surface area contributed by atoms with Crippen molar-refractivity contribution < 1.29 is 9.53 Å². The number of imidazole rings is 1. The molecular weight excluding hydrogens is 266 g/mol. The van der Waals surface area contributed by atoms with Crippen molar-refractivity contribution in [3.05, 3.63) is 47.5 Å². The van der Waals surface area contributed by atoms with Crippen LogP contribution in [0.2, 0.25) is 0 Å². The zero-order valence-electron chi connectivity index (χ0n) is 12.3. The Morgan fingerprint density at radius 1 is 1.52 bits per heavy atom. The van der Waals surface area contributed by atoms with Crippen molar-refractivity contribution in [2.24, 2.45) is 0 Å². The van der Waals surface area contributed by atoms with Gasteiger partial charge in [-0.15, -0.1) is 0 Å². The van der Waals surface area contributed by atoms with Crippen LogP contribution in [0, 0.1) is 0 Å². The molecule has 0 bridgehead atoms. The van der Waals surface area contributed by atoms with Gasteiger partial charge >= 0.3 is 0 Å². The van der Waals surface area contributed by atoms with Crippen LogP contribution in [0.25, 0.3) is 0 Å². The highest BCUT2D eigenvalue weighted by Crippen LogP contribution is 2.29. The molecule has 2 heterocycles. The third kappa shape index (κ3) is 2.77. The first kappa shape index (κ1) is 13.7. The van der Waals surface area contributed by atoms with Crippen LogP contribution in [-0.2, 0) is 19.5 Å². The maximum atomic E-state index is 12.2. The summed E-state index contributed by atoms with van der Waals surface area (Å²) in [5, 5.41) is 2.94. The maximum Gasteiger partial charge on any atom is 0.251 e. The van der Waals surface area contributed by atoms with E-state index < -0.39 is 0 Å². The highest BCUT2D eigenvalue weighted by atomic mass is 16.5. The molecule has 1 atom stereocenters. The van der Waals surface area contributed by atoms with Gasteiger partial charge in [0, 0.05) is 24.7 Å². The molecule has 1 aliphatic rings. The summed E-state index contributed by atoms with van der Waals surface area (Å²) in [6.45, 7) is 5.41. The van der Waals surface area contributed by atoms with Crippen molar-refractivity contribution in [2.75, 3.05) is 0 Å². The lowest BCUT2D eigenvalue weighted by atomic mass is 10.1. The van der Waals surface area contributed by atoms with Crippen LogP contribution in [-0.4, -0.2) is 21.6 Å². The summed E-state index contributed by atoms with van der Waals surface area (Å²) in [5.41, 5.74) is 2.78. The minimum atomic E-state index is -0.0683. The third-order valence-corrected chi connectivity index (χ3v) is 3.73. The van der Waals surface area contributed by atoms with E-state index in [0.29, 0.717) is 12.1 Å². The van der Waals surface area contributed by atoms with E-state index in [9.17, 15) is 4.79 Å². The Labute approximate surface area is 124 Å². The lowest BCUT2D eigenvalue weighted by Crippen LogP contribution is -2.24. The summed E-state index contributed by atoms with van der Waals surface area (Å²) in [4.78, 5) is 16.3. The van der Waals surface area contributed by atoms with E-state index in [2.05, 4.69) is 17.2 Å². The number of amides is 1. The summed E-state index contributed by atoms with van der Waals surface area (Å²) in [6.07, 6.45) is 4.61. The molecule has 0 spiro atoms. The molecule has 1 aliphatic heterocycles. The highest BCUT2D eigenvalue weighted by Gasteiger charge is 2.20. The average molecular weight is 285 g/mol. The van der Waals surface area contributed by atoms with Gasteiger partial charge in [0.2, 0.25) is 0 Å². The van der Waals surface area contributed by atoms with Gasteiger partial charge in [-0.3, -0.25) is 4.79 Å². The quantitative estimate of drug-likeness (QED) is 0.936. The molecule has 5 heteroatoms. The Bertz CT molecular complexity index is 663. The molecule has 1 N–H and O–H groups in total. The number of carbonyl (C=O) groups excluding carboxylic acids is 1. The van der Waals surface area contributed by atoms with Gasteiger partial charge in [0.05, 0.1) is 18.6 Å². The molecule has 1 aromatic heterocycles. The molecule has 1 aromatic carbocycles. The van der Waals surface area contributed by atoms with Gasteiger partial charge in [-0.05, 0) is 37.6 Å². The smallest absolute Gasteiger partial charge is 0.251 e. The summed E-state index contributed by atoms with van der Waals surface area (Å²) in [6, 6.07) is 5.61. The Morgan fingerprint density at radius 3 is 3.19 bits per heavy atom. The molecule has 21 heavy (non-hydrogen) atoms. The van der Waals surface area contributed by atoms with E-state index in [1.54, 1.807) is 12.5 Å². The standard InChI is InChI=1S/C16H19N3O2/c1-3-19-10-17-8-14(19)9-18-16(20)12-4-5-15-13(7-12)6-11(2)21-15/h4-5,7-8,10-11H,3,6,9H2,1-2H3,(H,18,20)/t11-/m0/s1. The SMILES string of the molecule is CCn1cncc1CNC(=O)c1ccc2c(c1)C[C@H](C)O2. The Kier molecular flexibility index (Phi) is 3.64. The number of aryl methyl sites for hydroxylation is 1. The molecule has 0 unspecified atom stereocenters. The number of carbonyl (C=O) groups is 1. The fourth-order valence-corrected chi connectivity index (χ4v) is 2.62. The molecule has 1 amide bonds. The largest absolute Gasteiger partial charge is 0.490 e. The first-order valence-corrected chi connectivity index (χ1v) is 7.24. The predicted molar refractivity (Wildman–Crippen MR) is 79.3 cm³/mol. The number of nitrogens with zero attached hydrogens (tertiary/aromatic N) is 2. The van der Waals surface area contributed by atoms with Crippen LogP contribution in [0.5, 0.6) is 5.75 Å². The second-order valence-corrected chi connectivity index (χ2v) is 5.31. The van der Waals surface area contributed by atoms with Crippen molar-refractivity contribution in [2.45, 2.75) is 39.5 Å². The molecule has 0 aliphatic carbocycles. The van der Waals surface area contributed by atoms with E-state index in [1.165, 1.54) is 0 Å². The van der Waals surface area contributed by atoms with Crippen LogP contribution in [0.3, 0.4) is 0 Å². The van der Waals surface area contributed by atoms with Crippen LogP contribution < -0.4 is 10.1 Å². The minimum absolute atomic E-state index is 0.0683. The van der Waals surface area contributed by atoms with Crippen LogP contribution in [0.4, 0.5) is 0 Å². The van der Waals surface area contributed by atoms with E-state index in [1.807, 2.05) is 29.7 Å². The Hall–Kier alpha value is -2.30. The van der Waals surface area contributed by atoms with Gasteiger partial charge in [0.1, 0.15) is 11.9 Å². The van der Waals surface area contributed by atoms with Gasteiger partial charge in [0.25, 0.3) is 5.91 Å². The predicted octanol–water partition coefficient (Wildman–Crippen LogP) is 2.16. The van der Waals surface area contributed by atoms with E-state index in [-0.39, 0.29) is 12.0 Å². The average Bonchev–Trinajstić information content (AvgIpc) is 3.08. The molecule has 0 radical (unpaired) electrons. The summed E-state index contributed by atoms with van der Waals surface area (Å²) in [5.74, 6) is 0.823. The zero-order valence-corrected chi connectivity index (χ0v) is 12.3. The molecule has 110 valence electrons. The number of hydrogen-bond donors (Lipinski definition) is 1.